The van der Waals surface area contributed by atoms with Crippen molar-refractivity contribution in [1.29, 1.82) is 0 Å². The Hall–Kier alpha value is -5.22. The highest BCUT2D eigenvalue weighted by molar-refractivity contribution is 8.01. The van der Waals surface area contributed by atoms with Crippen molar-refractivity contribution in [3.8, 4) is 11.5 Å². The maximum atomic E-state index is 13.6. The molecule has 4 heterocycles. The number of thioether (sulfide) groups is 2. The van der Waals surface area contributed by atoms with E-state index in [0.29, 0.717) is 27.8 Å². The minimum Gasteiger partial charge on any atom is -0.504 e. The van der Waals surface area contributed by atoms with Crippen LogP contribution < -0.4 is 16.1 Å². The number of fused-ring (bicyclic) bond motifs is 2. The average Bonchev–Trinajstić information content (AvgIpc) is 3.46. The first-order chi connectivity index (χ1) is 22.0. The van der Waals surface area contributed by atoms with E-state index in [1.807, 2.05) is 7.05 Å². The van der Waals surface area contributed by atoms with Gasteiger partial charge in [0.25, 0.3) is 11.8 Å². The zero-order valence-electron chi connectivity index (χ0n) is 23.9. The number of hydrogen-bond acceptors (Lipinski definition) is 11. The second kappa shape index (κ2) is 12.3. The number of aromatic hydroxyl groups is 2. The van der Waals surface area contributed by atoms with Gasteiger partial charge >= 0.3 is 5.97 Å². The number of aliphatic carboxylic acids is 1. The number of benzene rings is 2. The third-order valence-electron chi connectivity index (χ3n) is 7.48. The van der Waals surface area contributed by atoms with Gasteiger partial charge in [-0.25, -0.2) is 9.78 Å². The second-order valence-electron chi connectivity index (χ2n) is 10.4. The summed E-state index contributed by atoms with van der Waals surface area (Å²) in [5, 5.41) is 34.6. The van der Waals surface area contributed by atoms with E-state index in [1.54, 1.807) is 47.3 Å². The molecule has 4 aromatic rings. The number of carboxylic acids is 1. The number of carbonyl (C=O) groups excluding carboxylic acids is 3. The standard InChI is InChI=1S/C30H25N5O9S2/c1-34-8-7-31-30(34)46-13-15-12-45-28-22(27(41)35(28)23(15)29(42)43)33-26(40)21(14-5-3-2-4-6-14)32-25(39)17-11-44-20-10-19(37)18(36)9-16(20)24(17)38/h2-11,21-22,28,36-37H,12-13H2,1H3,(H,32,39)(H,33,40)(H,42,43)/t21?,22-,28+/m1/s1. The molecule has 16 heteroatoms. The molecule has 0 radical (unpaired) electrons. The van der Waals surface area contributed by atoms with E-state index in [4.69, 9.17) is 4.42 Å². The number of amides is 3. The van der Waals surface area contributed by atoms with Gasteiger partial charge in [0.15, 0.2) is 16.7 Å². The van der Waals surface area contributed by atoms with Crippen LogP contribution in [0.3, 0.4) is 0 Å². The van der Waals surface area contributed by atoms with Crippen LogP contribution in [0.1, 0.15) is 22.0 Å². The summed E-state index contributed by atoms with van der Waals surface area (Å²) in [5.41, 5.74) is -0.578. The zero-order valence-corrected chi connectivity index (χ0v) is 25.5. The third kappa shape index (κ3) is 5.56. The summed E-state index contributed by atoms with van der Waals surface area (Å²) in [6.07, 6.45) is 4.28. The number of nitrogens with zero attached hydrogens (tertiary/aromatic N) is 3. The SMILES string of the molecule is Cn1ccnc1SCC1=C(C(=O)O)N2C(=O)[C@@H](NC(=O)C(NC(=O)c3coc4cc(O)c(O)cc4c3=O)c3ccccc3)[C@@H]2SC1. The van der Waals surface area contributed by atoms with Crippen LogP contribution in [-0.2, 0) is 21.4 Å². The van der Waals surface area contributed by atoms with Crippen LogP contribution in [0.5, 0.6) is 11.5 Å². The molecular weight excluding hydrogens is 638 g/mol. The summed E-state index contributed by atoms with van der Waals surface area (Å²) >= 11 is 2.66. The Morgan fingerprint density at radius 2 is 1.89 bits per heavy atom. The van der Waals surface area contributed by atoms with Gasteiger partial charge in [-0.15, -0.1) is 11.8 Å². The smallest absolute Gasteiger partial charge is 0.352 e. The lowest BCUT2D eigenvalue weighted by Gasteiger charge is -2.49. The van der Waals surface area contributed by atoms with Crippen LogP contribution in [-0.4, -0.2) is 76.4 Å². The van der Waals surface area contributed by atoms with Crippen LogP contribution in [0.25, 0.3) is 11.0 Å². The predicted octanol–water partition coefficient (Wildman–Crippen LogP) is 1.94. The third-order valence-corrected chi connectivity index (χ3v) is 9.97. The van der Waals surface area contributed by atoms with Gasteiger partial charge in [-0.2, -0.15) is 0 Å². The highest BCUT2D eigenvalue weighted by Crippen LogP contribution is 2.41. The number of rotatable bonds is 9. The molecule has 3 amide bonds. The van der Waals surface area contributed by atoms with Gasteiger partial charge in [0.1, 0.15) is 40.6 Å². The highest BCUT2D eigenvalue weighted by atomic mass is 32.2. The molecule has 0 bridgehead atoms. The van der Waals surface area contributed by atoms with Crippen LogP contribution in [0.15, 0.2) is 86.8 Å². The van der Waals surface area contributed by atoms with E-state index in [1.165, 1.54) is 28.4 Å². The largest absolute Gasteiger partial charge is 0.504 e. The Morgan fingerprint density at radius 3 is 2.59 bits per heavy atom. The molecule has 6 rings (SSSR count). The number of β-lactam (4-membered cyclic amide) rings is 1. The minimum atomic E-state index is -1.35. The first-order valence-corrected chi connectivity index (χ1v) is 15.7. The Kier molecular flexibility index (Phi) is 8.22. The van der Waals surface area contributed by atoms with Crippen LogP contribution in [0, 0.1) is 0 Å². The number of phenolic OH excluding ortho intramolecular Hbond substituents is 2. The molecule has 1 fully saturated rings. The lowest BCUT2D eigenvalue weighted by Crippen LogP contribution is -2.71. The van der Waals surface area contributed by atoms with Crippen molar-refractivity contribution in [2.45, 2.75) is 22.6 Å². The Labute approximate surface area is 268 Å². The van der Waals surface area contributed by atoms with Crippen LogP contribution >= 0.6 is 23.5 Å². The maximum Gasteiger partial charge on any atom is 0.352 e. The van der Waals surface area contributed by atoms with Gasteiger partial charge in [-0.3, -0.25) is 24.1 Å². The molecule has 14 nitrogen and oxygen atoms in total. The molecule has 3 atom stereocenters. The summed E-state index contributed by atoms with van der Waals surface area (Å²) in [4.78, 5) is 71.0. The Bertz CT molecular complexity index is 1990. The lowest BCUT2D eigenvalue weighted by atomic mass is 10.0. The highest BCUT2D eigenvalue weighted by Gasteiger charge is 2.54. The van der Waals surface area contributed by atoms with Crippen molar-refractivity contribution in [1.82, 2.24) is 25.1 Å². The van der Waals surface area contributed by atoms with E-state index in [0.717, 1.165) is 18.4 Å². The molecule has 1 saturated heterocycles. The molecule has 46 heavy (non-hydrogen) atoms. The zero-order chi connectivity index (χ0) is 32.7. The van der Waals surface area contributed by atoms with E-state index in [2.05, 4.69) is 15.6 Å². The number of carbonyl (C=O) groups is 4. The molecule has 2 aromatic carbocycles. The molecule has 2 aliphatic rings. The van der Waals surface area contributed by atoms with Crippen molar-refractivity contribution in [3.63, 3.8) is 0 Å². The predicted molar refractivity (Wildman–Crippen MR) is 166 cm³/mol. The maximum absolute atomic E-state index is 13.6. The second-order valence-corrected chi connectivity index (χ2v) is 12.4. The first-order valence-electron chi connectivity index (χ1n) is 13.7. The number of imidazole rings is 1. The van der Waals surface area contributed by atoms with E-state index in [-0.39, 0.29) is 16.7 Å². The lowest BCUT2D eigenvalue weighted by molar-refractivity contribution is -0.151. The molecule has 0 saturated carbocycles. The number of aryl methyl sites for hydroxylation is 1. The fourth-order valence-corrected chi connectivity index (χ4v) is 7.56. The molecule has 5 N–H and O–H groups in total. The molecule has 0 aliphatic carbocycles. The quantitative estimate of drug-likeness (QED) is 0.0991. The van der Waals surface area contributed by atoms with Gasteiger partial charge in [0.2, 0.25) is 11.3 Å². The van der Waals surface area contributed by atoms with Crippen molar-refractivity contribution in [2.75, 3.05) is 11.5 Å². The Balaban J connectivity index is 1.22. The number of carboxylic acid groups (broad SMARTS) is 1. The summed E-state index contributed by atoms with van der Waals surface area (Å²) in [6, 6.07) is 7.72. The fraction of sp³-hybridized carbons (Fsp3) is 0.200. The molecule has 0 spiro atoms. The van der Waals surface area contributed by atoms with Crippen LogP contribution in [0.2, 0.25) is 0 Å². The van der Waals surface area contributed by atoms with Crippen molar-refractivity contribution in [2.24, 2.45) is 7.05 Å². The Morgan fingerprint density at radius 1 is 1.15 bits per heavy atom. The fourth-order valence-electron chi connectivity index (χ4n) is 5.14. The molecule has 2 aromatic heterocycles. The first kappa shape index (κ1) is 30.8. The molecular formula is C30H25N5O9S2. The van der Waals surface area contributed by atoms with Gasteiger partial charge in [-0.05, 0) is 17.2 Å². The van der Waals surface area contributed by atoms with E-state index >= 15 is 0 Å². The topological polar surface area (TPSA) is 204 Å². The minimum absolute atomic E-state index is 0.0691. The van der Waals surface area contributed by atoms with Crippen molar-refractivity contribution < 1.29 is 38.9 Å². The summed E-state index contributed by atoms with van der Waals surface area (Å²) in [6.45, 7) is 0. The van der Waals surface area contributed by atoms with Crippen molar-refractivity contribution >= 4 is 58.2 Å². The van der Waals surface area contributed by atoms with Gasteiger partial charge in [0, 0.05) is 37.0 Å². The van der Waals surface area contributed by atoms with Crippen LogP contribution in [0.4, 0.5) is 0 Å². The van der Waals surface area contributed by atoms with Gasteiger partial charge in [0.05, 0.1) is 5.39 Å². The van der Waals surface area contributed by atoms with Crippen molar-refractivity contribution in [3.05, 3.63) is 93.7 Å². The van der Waals surface area contributed by atoms with Gasteiger partial charge < -0.3 is 34.9 Å². The van der Waals surface area contributed by atoms with Gasteiger partial charge in [-0.1, -0.05) is 42.1 Å². The average molecular weight is 664 g/mol. The summed E-state index contributed by atoms with van der Waals surface area (Å²) < 4.78 is 7.13. The number of aromatic nitrogens is 2. The number of nitrogens with one attached hydrogen (secondary N) is 2. The summed E-state index contributed by atoms with van der Waals surface area (Å²) in [7, 11) is 1.82. The normalized spacial score (nSPS) is 18.1. The summed E-state index contributed by atoms with van der Waals surface area (Å²) in [5.74, 6) is -4.08. The molecule has 236 valence electrons. The number of phenols is 2. The van der Waals surface area contributed by atoms with E-state index < -0.39 is 63.6 Å². The molecule has 2 aliphatic heterocycles. The van der Waals surface area contributed by atoms with E-state index in [9.17, 15) is 39.3 Å². The molecule has 1 unspecified atom stereocenters. The monoisotopic (exact) mass is 663 g/mol. The number of hydrogen-bond donors (Lipinski definition) is 5.